The third kappa shape index (κ3) is 3.93. The Morgan fingerprint density at radius 2 is 1.57 bits per heavy atom. The van der Waals surface area contributed by atoms with Crippen LogP contribution in [0.4, 0.5) is 0 Å². The van der Waals surface area contributed by atoms with Crippen molar-refractivity contribution in [3.8, 4) is 0 Å². The molecular formula is C17H21NO2S. The fourth-order valence-electron chi connectivity index (χ4n) is 2.18. The molecule has 2 aromatic rings. The number of hydrogen-bond donors (Lipinski definition) is 0. The number of benzene rings is 2. The van der Waals surface area contributed by atoms with Gasteiger partial charge in [0.25, 0.3) is 0 Å². The number of hydrogen-bond acceptors (Lipinski definition) is 2. The first kappa shape index (κ1) is 15.7. The molecule has 2 rings (SSSR count). The zero-order valence-electron chi connectivity index (χ0n) is 12.5. The lowest BCUT2D eigenvalue weighted by Crippen LogP contribution is -2.31. The van der Waals surface area contributed by atoms with E-state index in [1.807, 2.05) is 56.3 Å². The van der Waals surface area contributed by atoms with Crippen LogP contribution in [-0.2, 0) is 16.6 Å². The van der Waals surface area contributed by atoms with E-state index in [0.717, 1.165) is 17.5 Å². The molecule has 0 saturated carbocycles. The summed E-state index contributed by atoms with van der Waals surface area (Å²) in [6, 6.07) is 16.7. The van der Waals surface area contributed by atoms with Gasteiger partial charge in [-0.2, -0.15) is 4.31 Å². The highest BCUT2D eigenvalue weighted by atomic mass is 32.2. The lowest BCUT2D eigenvalue weighted by molar-refractivity contribution is 0.405. The average molecular weight is 303 g/mol. The Morgan fingerprint density at radius 1 is 0.952 bits per heavy atom. The molecule has 0 amide bonds. The molecule has 0 aliphatic heterocycles. The van der Waals surface area contributed by atoms with Crippen molar-refractivity contribution in [2.24, 2.45) is 0 Å². The molecule has 0 saturated heterocycles. The number of sulfonamides is 1. The summed E-state index contributed by atoms with van der Waals surface area (Å²) in [5, 5.41) is 0. The highest BCUT2D eigenvalue weighted by Gasteiger charge is 2.23. The Morgan fingerprint density at radius 3 is 2.14 bits per heavy atom. The maximum Gasteiger partial charge on any atom is 0.243 e. The minimum Gasteiger partial charge on any atom is -0.207 e. The molecule has 0 atom stereocenters. The molecular weight excluding hydrogens is 282 g/mol. The van der Waals surface area contributed by atoms with Crippen molar-refractivity contribution in [3.63, 3.8) is 0 Å². The van der Waals surface area contributed by atoms with E-state index in [-0.39, 0.29) is 0 Å². The molecule has 0 bridgehead atoms. The average Bonchev–Trinajstić information content (AvgIpc) is 2.48. The van der Waals surface area contributed by atoms with Gasteiger partial charge in [0.15, 0.2) is 0 Å². The third-order valence-electron chi connectivity index (χ3n) is 3.33. The van der Waals surface area contributed by atoms with Gasteiger partial charge in [0.2, 0.25) is 10.0 Å². The van der Waals surface area contributed by atoms with Crippen molar-refractivity contribution in [3.05, 3.63) is 65.7 Å². The molecule has 0 unspecified atom stereocenters. The van der Waals surface area contributed by atoms with Gasteiger partial charge in [-0.05, 0) is 31.0 Å². The monoisotopic (exact) mass is 303 g/mol. The molecule has 2 aromatic carbocycles. The van der Waals surface area contributed by atoms with E-state index in [1.54, 1.807) is 16.4 Å². The summed E-state index contributed by atoms with van der Waals surface area (Å²) in [5.41, 5.74) is 2.06. The Balaban J connectivity index is 2.30. The van der Waals surface area contributed by atoms with Crippen LogP contribution >= 0.6 is 0 Å². The van der Waals surface area contributed by atoms with Gasteiger partial charge < -0.3 is 0 Å². The first-order valence-electron chi connectivity index (χ1n) is 7.15. The SMILES string of the molecule is CCCN(Cc1ccccc1)S(=O)(=O)c1ccc(C)cc1. The minimum absolute atomic E-state index is 0.359. The van der Waals surface area contributed by atoms with Gasteiger partial charge in [0, 0.05) is 13.1 Å². The molecule has 0 aromatic heterocycles. The summed E-state index contributed by atoms with van der Waals surface area (Å²) >= 11 is 0. The van der Waals surface area contributed by atoms with Crippen LogP contribution in [0, 0.1) is 6.92 Å². The number of nitrogens with zero attached hydrogens (tertiary/aromatic N) is 1. The van der Waals surface area contributed by atoms with Crippen molar-refractivity contribution in [1.82, 2.24) is 4.31 Å². The van der Waals surface area contributed by atoms with Crippen LogP contribution < -0.4 is 0 Å². The van der Waals surface area contributed by atoms with Gasteiger partial charge >= 0.3 is 0 Å². The molecule has 0 spiro atoms. The maximum absolute atomic E-state index is 12.8. The standard InChI is InChI=1S/C17H21NO2S/c1-3-13-18(14-16-7-5-4-6-8-16)21(19,20)17-11-9-15(2)10-12-17/h4-12H,3,13-14H2,1-2H3. The second-order valence-electron chi connectivity index (χ2n) is 5.14. The molecule has 0 aliphatic carbocycles. The van der Waals surface area contributed by atoms with Gasteiger partial charge in [-0.25, -0.2) is 8.42 Å². The number of aryl methyl sites for hydroxylation is 1. The summed E-state index contributed by atoms with van der Waals surface area (Å²) in [6.07, 6.45) is 0.790. The largest absolute Gasteiger partial charge is 0.243 e. The Labute approximate surface area is 127 Å². The van der Waals surface area contributed by atoms with E-state index in [0.29, 0.717) is 18.0 Å². The lowest BCUT2D eigenvalue weighted by Gasteiger charge is -2.22. The van der Waals surface area contributed by atoms with E-state index < -0.39 is 10.0 Å². The lowest BCUT2D eigenvalue weighted by atomic mass is 10.2. The van der Waals surface area contributed by atoms with Gasteiger partial charge in [-0.1, -0.05) is 55.0 Å². The molecule has 0 aliphatic rings. The summed E-state index contributed by atoms with van der Waals surface area (Å²) in [7, 11) is -3.44. The second-order valence-corrected chi connectivity index (χ2v) is 7.08. The van der Waals surface area contributed by atoms with Crippen molar-refractivity contribution < 1.29 is 8.42 Å². The molecule has 21 heavy (non-hydrogen) atoms. The predicted molar refractivity (Wildman–Crippen MR) is 85.5 cm³/mol. The van der Waals surface area contributed by atoms with Crippen LogP contribution in [0.5, 0.6) is 0 Å². The van der Waals surface area contributed by atoms with Crippen LogP contribution in [-0.4, -0.2) is 19.3 Å². The minimum atomic E-state index is -3.44. The van der Waals surface area contributed by atoms with E-state index in [2.05, 4.69) is 0 Å². The first-order chi connectivity index (χ1) is 10.0. The van der Waals surface area contributed by atoms with Crippen molar-refractivity contribution in [1.29, 1.82) is 0 Å². The molecule has 0 fully saturated rings. The fraction of sp³-hybridized carbons (Fsp3) is 0.294. The summed E-state index contributed by atoms with van der Waals surface area (Å²) in [4.78, 5) is 0.359. The summed E-state index contributed by atoms with van der Waals surface area (Å²) in [6.45, 7) is 4.86. The van der Waals surface area contributed by atoms with E-state index >= 15 is 0 Å². The van der Waals surface area contributed by atoms with Gasteiger partial charge in [0.05, 0.1) is 4.90 Å². The normalized spacial score (nSPS) is 11.8. The molecule has 4 heteroatoms. The fourth-order valence-corrected chi connectivity index (χ4v) is 3.70. The number of rotatable bonds is 6. The summed E-state index contributed by atoms with van der Waals surface area (Å²) in [5.74, 6) is 0. The van der Waals surface area contributed by atoms with Crippen molar-refractivity contribution >= 4 is 10.0 Å². The maximum atomic E-state index is 12.8. The van der Waals surface area contributed by atoms with Crippen LogP contribution in [0.3, 0.4) is 0 Å². The van der Waals surface area contributed by atoms with Crippen molar-refractivity contribution in [2.75, 3.05) is 6.54 Å². The van der Waals surface area contributed by atoms with Gasteiger partial charge in [-0.3, -0.25) is 0 Å². The zero-order valence-corrected chi connectivity index (χ0v) is 13.3. The summed E-state index contributed by atoms with van der Waals surface area (Å²) < 4.78 is 27.1. The smallest absolute Gasteiger partial charge is 0.207 e. The van der Waals surface area contributed by atoms with E-state index in [1.165, 1.54) is 0 Å². The second kappa shape index (κ2) is 6.87. The van der Waals surface area contributed by atoms with Gasteiger partial charge in [-0.15, -0.1) is 0 Å². The molecule has 3 nitrogen and oxygen atoms in total. The molecule has 0 radical (unpaired) electrons. The third-order valence-corrected chi connectivity index (χ3v) is 5.19. The zero-order chi connectivity index (χ0) is 15.3. The Kier molecular flexibility index (Phi) is 5.15. The van der Waals surface area contributed by atoms with Crippen LogP contribution in [0.15, 0.2) is 59.5 Å². The quantitative estimate of drug-likeness (QED) is 0.817. The van der Waals surface area contributed by atoms with Gasteiger partial charge in [0.1, 0.15) is 0 Å². The Bertz CT molecular complexity index is 664. The topological polar surface area (TPSA) is 37.4 Å². The molecule has 0 N–H and O–H groups in total. The highest BCUT2D eigenvalue weighted by molar-refractivity contribution is 7.89. The predicted octanol–water partition coefficient (Wildman–Crippen LogP) is 3.60. The molecule has 0 heterocycles. The molecule has 112 valence electrons. The van der Waals surface area contributed by atoms with Crippen LogP contribution in [0.2, 0.25) is 0 Å². The first-order valence-corrected chi connectivity index (χ1v) is 8.59. The Hall–Kier alpha value is -1.65. The van der Waals surface area contributed by atoms with Crippen LogP contribution in [0.25, 0.3) is 0 Å². The van der Waals surface area contributed by atoms with E-state index in [9.17, 15) is 8.42 Å². The van der Waals surface area contributed by atoms with Crippen molar-refractivity contribution in [2.45, 2.75) is 31.7 Å². The highest BCUT2D eigenvalue weighted by Crippen LogP contribution is 2.19. The van der Waals surface area contributed by atoms with Crippen LogP contribution in [0.1, 0.15) is 24.5 Å². The van der Waals surface area contributed by atoms with E-state index in [4.69, 9.17) is 0 Å².